The van der Waals surface area contributed by atoms with Crippen molar-refractivity contribution in [3.05, 3.63) is 46.6 Å². The van der Waals surface area contributed by atoms with Gasteiger partial charge in [0.1, 0.15) is 22.7 Å². The predicted octanol–water partition coefficient (Wildman–Crippen LogP) is 2.64. The fraction of sp³-hybridized carbons (Fsp3) is 0.214. The van der Waals surface area contributed by atoms with Crippen LogP contribution in [0.1, 0.15) is 39.1 Å². The molecule has 0 bridgehead atoms. The van der Waals surface area contributed by atoms with Crippen LogP contribution in [0.25, 0.3) is 0 Å². The smallest absolute Gasteiger partial charge is 0.340 e. The van der Waals surface area contributed by atoms with Crippen LogP contribution in [0.4, 0.5) is 10.1 Å². The van der Waals surface area contributed by atoms with Gasteiger partial charge >= 0.3 is 5.97 Å². The molecule has 1 amide bonds. The molecule has 0 spiro atoms. The number of carbonyl (C=O) groups excluding carboxylic acids is 1. The number of benzene rings is 1. The Kier molecular flexibility index (Phi) is 4.02. The van der Waals surface area contributed by atoms with Gasteiger partial charge < -0.3 is 14.9 Å². The number of anilines is 1. The highest BCUT2D eigenvalue weighted by Gasteiger charge is 2.22. The molecule has 7 heteroatoms. The van der Waals surface area contributed by atoms with Crippen molar-refractivity contribution in [1.29, 1.82) is 0 Å². The molecule has 1 heterocycles. The maximum Gasteiger partial charge on any atom is 0.340 e. The van der Waals surface area contributed by atoms with Gasteiger partial charge in [0.25, 0.3) is 5.91 Å². The third kappa shape index (κ3) is 2.76. The maximum absolute atomic E-state index is 13.6. The van der Waals surface area contributed by atoms with Crippen molar-refractivity contribution < 1.29 is 23.6 Å². The summed E-state index contributed by atoms with van der Waals surface area (Å²) in [5.41, 5.74) is -0.00969. The number of carbonyl (C=O) groups is 2. The molecule has 110 valence electrons. The van der Waals surface area contributed by atoms with E-state index in [1.54, 1.807) is 13.8 Å². The highest BCUT2D eigenvalue weighted by atomic mass is 19.1. The number of aryl methyl sites for hydroxylation is 2. The average Bonchev–Trinajstić information content (AvgIpc) is 2.79. The Labute approximate surface area is 119 Å². The summed E-state index contributed by atoms with van der Waals surface area (Å²) in [5.74, 6) is -2.64. The number of hydrogen-bond donors (Lipinski definition) is 2. The molecule has 0 saturated heterocycles. The van der Waals surface area contributed by atoms with Gasteiger partial charge in [-0.25, -0.2) is 9.18 Å². The highest BCUT2D eigenvalue weighted by molar-refractivity contribution is 6.08. The largest absolute Gasteiger partial charge is 0.478 e. The van der Waals surface area contributed by atoms with Crippen LogP contribution >= 0.6 is 0 Å². The minimum atomic E-state index is -1.46. The van der Waals surface area contributed by atoms with Crippen molar-refractivity contribution in [2.75, 3.05) is 5.32 Å². The molecule has 1 aromatic heterocycles. The Morgan fingerprint density at radius 3 is 2.71 bits per heavy atom. The SMILES string of the molecule is CCc1noc(C)c1C(=O)Nc1cccc(F)c1C(=O)O. The molecule has 0 aliphatic heterocycles. The summed E-state index contributed by atoms with van der Waals surface area (Å²) in [5, 5.41) is 15.2. The number of nitrogens with one attached hydrogen (secondary N) is 1. The molecular formula is C14H13FN2O4. The number of aromatic carboxylic acids is 1. The molecule has 2 rings (SSSR count). The van der Waals surface area contributed by atoms with Crippen LogP contribution in [0, 0.1) is 12.7 Å². The van der Waals surface area contributed by atoms with E-state index in [0.29, 0.717) is 17.9 Å². The van der Waals surface area contributed by atoms with E-state index >= 15 is 0 Å². The van der Waals surface area contributed by atoms with Crippen molar-refractivity contribution in [3.8, 4) is 0 Å². The van der Waals surface area contributed by atoms with Gasteiger partial charge in [-0.2, -0.15) is 0 Å². The fourth-order valence-corrected chi connectivity index (χ4v) is 1.98. The Morgan fingerprint density at radius 2 is 2.10 bits per heavy atom. The molecule has 2 N–H and O–H groups in total. The molecule has 21 heavy (non-hydrogen) atoms. The Hall–Kier alpha value is -2.70. The molecule has 1 aromatic carbocycles. The van der Waals surface area contributed by atoms with Gasteiger partial charge in [-0.3, -0.25) is 4.79 Å². The van der Waals surface area contributed by atoms with Crippen LogP contribution in [-0.2, 0) is 6.42 Å². The number of amides is 1. The van der Waals surface area contributed by atoms with Gasteiger partial charge in [-0.05, 0) is 25.5 Å². The predicted molar refractivity (Wildman–Crippen MR) is 71.9 cm³/mol. The van der Waals surface area contributed by atoms with E-state index in [2.05, 4.69) is 10.5 Å². The number of nitrogens with zero attached hydrogens (tertiary/aromatic N) is 1. The summed E-state index contributed by atoms with van der Waals surface area (Å²) < 4.78 is 18.5. The average molecular weight is 292 g/mol. The van der Waals surface area contributed by atoms with Gasteiger partial charge in [0, 0.05) is 0 Å². The van der Waals surface area contributed by atoms with Crippen LogP contribution in [0.5, 0.6) is 0 Å². The number of carboxylic acids is 1. The quantitative estimate of drug-likeness (QED) is 0.903. The summed E-state index contributed by atoms with van der Waals surface area (Å²) in [7, 11) is 0. The fourth-order valence-electron chi connectivity index (χ4n) is 1.98. The van der Waals surface area contributed by atoms with Gasteiger partial charge in [-0.15, -0.1) is 0 Å². The van der Waals surface area contributed by atoms with E-state index in [-0.39, 0.29) is 11.3 Å². The van der Waals surface area contributed by atoms with E-state index in [4.69, 9.17) is 9.63 Å². The van der Waals surface area contributed by atoms with Crippen LogP contribution < -0.4 is 5.32 Å². The molecule has 0 fully saturated rings. The van der Waals surface area contributed by atoms with Crippen molar-refractivity contribution >= 4 is 17.6 Å². The number of aromatic nitrogens is 1. The number of carboxylic acid groups (broad SMARTS) is 1. The second-order valence-electron chi connectivity index (χ2n) is 4.34. The molecule has 0 atom stereocenters. The number of hydrogen-bond acceptors (Lipinski definition) is 4. The minimum absolute atomic E-state index is 0.116. The second-order valence-corrected chi connectivity index (χ2v) is 4.34. The van der Waals surface area contributed by atoms with Crippen LogP contribution in [0.2, 0.25) is 0 Å². The molecular weight excluding hydrogens is 279 g/mol. The summed E-state index contributed by atoms with van der Waals surface area (Å²) in [4.78, 5) is 23.3. The third-order valence-electron chi connectivity index (χ3n) is 2.97. The number of halogens is 1. The van der Waals surface area contributed by atoms with Gasteiger partial charge in [0.2, 0.25) is 0 Å². The summed E-state index contributed by atoms with van der Waals surface area (Å²) in [6.07, 6.45) is 0.481. The normalized spacial score (nSPS) is 10.4. The van der Waals surface area contributed by atoms with Gasteiger partial charge in [0.05, 0.1) is 11.4 Å². The van der Waals surface area contributed by atoms with Gasteiger partial charge in [-0.1, -0.05) is 18.1 Å². The van der Waals surface area contributed by atoms with E-state index in [1.807, 2.05) is 0 Å². The second kappa shape index (κ2) is 5.74. The Balaban J connectivity index is 2.39. The van der Waals surface area contributed by atoms with E-state index in [0.717, 1.165) is 6.07 Å². The molecule has 0 saturated carbocycles. The molecule has 6 nitrogen and oxygen atoms in total. The first kappa shape index (κ1) is 14.7. The molecule has 0 radical (unpaired) electrons. The van der Waals surface area contributed by atoms with Crippen LogP contribution in [0.3, 0.4) is 0 Å². The first-order chi connectivity index (χ1) is 9.95. The Morgan fingerprint density at radius 1 is 1.38 bits per heavy atom. The van der Waals surface area contributed by atoms with Crippen molar-refractivity contribution in [2.24, 2.45) is 0 Å². The molecule has 0 aliphatic carbocycles. The topological polar surface area (TPSA) is 92.4 Å². The zero-order valence-corrected chi connectivity index (χ0v) is 11.4. The van der Waals surface area contributed by atoms with Crippen molar-refractivity contribution in [2.45, 2.75) is 20.3 Å². The van der Waals surface area contributed by atoms with Crippen LogP contribution in [-0.4, -0.2) is 22.1 Å². The zero-order valence-electron chi connectivity index (χ0n) is 11.4. The first-order valence-electron chi connectivity index (χ1n) is 6.24. The van der Waals surface area contributed by atoms with Gasteiger partial charge in [0.15, 0.2) is 0 Å². The molecule has 2 aromatic rings. The summed E-state index contributed by atoms with van der Waals surface area (Å²) >= 11 is 0. The lowest BCUT2D eigenvalue weighted by Crippen LogP contribution is -2.17. The summed E-state index contributed by atoms with van der Waals surface area (Å²) in [6, 6.07) is 3.65. The van der Waals surface area contributed by atoms with E-state index < -0.39 is 23.3 Å². The molecule has 0 unspecified atom stereocenters. The van der Waals surface area contributed by atoms with E-state index in [9.17, 15) is 14.0 Å². The van der Waals surface area contributed by atoms with Crippen molar-refractivity contribution in [3.63, 3.8) is 0 Å². The van der Waals surface area contributed by atoms with Crippen LogP contribution in [0.15, 0.2) is 22.7 Å². The lowest BCUT2D eigenvalue weighted by Gasteiger charge is -2.09. The standard InChI is InChI=1S/C14H13FN2O4/c1-3-9-11(7(2)21-17-9)13(18)16-10-6-4-5-8(15)12(10)14(19)20/h4-6H,3H2,1-2H3,(H,16,18)(H,19,20). The van der Waals surface area contributed by atoms with E-state index in [1.165, 1.54) is 12.1 Å². The lowest BCUT2D eigenvalue weighted by molar-refractivity contribution is 0.0693. The number of rotatable bonds is 4. The highest BCUT2D eigenvalue weighted by Crippen LogP contribution is 2.21. The van der Waals surface area contributed by atoms with Crippen molar-refractivity contribution in [1.82, 2.24) is 5.16 Å². The third-order valence-corrected chi connectivity index (χ3v) is 2.97. The molecule has 0 aliphatic rings. The Bertz CT molecular complexity index is 709. The zero-order chi connectivity index (χ0) is 15.6. The lowest BCUT2D eigenvalue weighted by atomic mass is 10.1. The monoisotopic (exact) mass is 292 g/mol. The maximum atomic E-state index is 13.6. The summed E-state index contributed by atoms with van der Waals surface area (Å²) in [6.45, 7) is 3.38. The first-order valence-corrected chi connectivity index (χ1v) is 6.24. The minimum Gasteiger partial charge on any atom is -0.478 e.